The van der Waals surface area contributed by atoms with Crippen molar-refractivity contribution in [1.29, 1.82) is 0 Å². The van der Waals surface area contributed by atoms with E-state index in [9.17, 15) is 27.0 Å². The van der Waals surface area contributed by atoms with Crippen LogP contribution < -0.4 is 0 Å². The van der Waals surface area contributed by atoms with Gasteiger partial charge in [0.2, 0.25) is 0 Å². The zero-order valence-electron chi connectivity index (χ0n) is 23.6. The highest BCUT2D eigenvalue weighted by atomic mass is 35.5. The minimum atomic E-state index is -4.87. The molecule has 3 aromatic carbocycles. The molecule has 1 heterocycles. The Balaban J connectivity index is 1.68. The molecular formula is C30H27Cl2F3N2O5S. The molecule has 0 saturated carbocycles. The zero-order valence-corrected chi connectivity index (χ0v) is 25.9. The van der Waals surface area contributed by atoms with Gasteiger partial charge in [0.1, 0.15) is 0 Å². The van der Waals surface area contributed by atoms with Crippen LogP contribution in [0.15, 0.2) is 69.0 Å². The van der Waals surface area contributed by atoms with Crippen LogP contribution in [0.4, 0.5) is 13.2 Å². The lowest BCUT2D eigenvalue weighted by Crippen LogP contribution is -2.42. The third kappa shape index (κ3) is 6.73. The van der Waals surface area contributed by atoms with Gasteiger partial charge in [0, 0.05) is 38.2 Å². The van der Waals surface area contributed by atoms with Gasteiger partial charge in [-0.1, -0.05) is 40.5 Å². The van der Waals surface area contributed by atoms with Gasteiger partial charge in [-0.15, -0.1) is 0 Å². The number of amides is 1. The standard InChI is InChI=1S/C30H27Cl2F3N2O5S/c1-17-5-7-24(12-18(17)2)43(40,10-9-27(38)41-4)37-28(39)25-8-6-20(11-19(25)3)26-16-29(42-36-26,30(33,34)35)21-13-22(31)15-23(32)14-21/h5-8,11-15H,9-10,16H2,1-4H3. The Hall–Kier alpha value is -3.41. The smallest absolute Gasteiger partial charge is 0.435 e. The Morgan fingerprint density at radius 2 is 1.67 bits per heavy atom. The van der Waals surface area contributed by atoms with Gasteiger partial charge >= 0.3 is 12.1 Å². The molecule has 2 unspecified atom stereocenters. The summed E-state index contributed by atoms with van der Waals surface area (Å²) < 4.78 is 65.9. The van der Waals surface area contributed by atoms with Crippen LogP contribution in [-0.2, 0) is 29.7 Å². The first kappa shape index (κ1) is 32.5. The molecule has 1 amide bonds. The van der Waals surface area contributed by atoms with E-state index >= 15 is 0 Å². The van der Waals surface area contributed by atoms with Crippen molar-refractivity contribution < 1.29 is 36.5 Å². The molecule has 0 saturated heterocycles. The molecule has 0 aromatic heterocycles. The molecule has 0 radical (unpaired) electrons. The Bertz CT molecular complexity index is 1750. The molecule has 4 rings (SSSR count). The zero-order chi connectivity index (χ0) is 31.7. The van der Waals surface area contributed by atoms with Gasteiger partial charge in [0.25, 0.3) is 11.5 Å². The van der Waals surface area contributed by atoms with Crippen LogP contribution in [0.3, 0.4) is 0 Å². The van der Waals surface area contributed by atoms with Crippen LogP contribution in [0, 0.1) is 20.8 Å². The average Bonchev–Trinajstić information content (AvgIpc) is 3.40. The van der Waals surface area contributed by atoms with Gasteiger partial charge < -0.3 is 9.57 Å². The highest BCUT2D eigenvalue weighted by Crippen LogP contribution is 2.49. The van der Waals surface area contributed by atoms with Crippen molar-refractivity contribution in [2.75, 3.05) is 12.9 Å². The second-order valence-corrected chi connectivity index (χ2v) is 13.3. The Morgan fingerprint density at radius 1 is 1.00 bits per heavy atom. The van der Waals surface area contributed by atoms with E-state index in [4.69, 9.17) is 28.0 Å². The number of benzene rings is 3. The van der Waals surface area contributed by atoms with Crippen molar-refractivity contribution in [2.45, 2.75) is 50.3 Å². The van der Waals surface area contributed by atoms with Gasteiger partial charge in [0.05, 0.1) is 29.0 Å². The fourth-order valence-corrected chi connectivity index (χ4v) is 6.97. The van der Waals surface area contributed by atoms with E-state index in [1.165, 1.54) is 31.4 Å². The maximum Gasteiger partial charge on any atom is 0.435 e. The number of ether oxygens (including phenoxy) is 1. The molecule has 0 spiro atoms. The molecule has 0 aliphatic carbocycles. The number of carbonyl (C=O) groups excluding carboxylic acids is 2. The molecule has 43 heavy (non-hydrogen) atoms. The molecule has 2 atom stereocenters. The van der Waals surface area contributed by atoms with Crippen molar-refractivity contribution in [3.63, 3.8) is 0 Å². The van der Waals surface area contributed by atoms with E-state index in [-0.39, 0.29) is 44.6 Å². The third-order valence-corrected chi connectivity index (χ3v) is 9.84. The molecule has 7 nitrogen and oxygen atoms in total. The minimum absolute atomic E-state index is 0.00889. The van der Waals surface area contributed by atoms with E-state index in [0.717, 1.165) is 23.3 Å². The number of methoxy groups -OCH3 is 1. The summed E-state index contributed by atoms with van der Waals surface area (Å²) in [7, 11) is -2.18. The Kier molecular flexibility index (Phi) is 9.30. The van der Waals surface area contributed by atoms with Crippen molar-refractivity contribution in [3.8, 4) is 0 Å². The second-order valence-electron chi connectivity index (χ2n) is 10.1. The summed E-state index contributed by atoms with van der Waals surface area (Å²) in [6.07, 6.45) is -5.76. The molecule has 13 heteroatoms. The molecule has 3 aromatic rings. The van der Waals surface area contributed by atoms with Gasteiger partial charge in [-0.3, -0.25) is 9.59 Å². The lowest BCUT2D eigenvalue weighted by molar-refractivity contribution is -0.275. The van der Waals surface area contributed by atoms with Crippen molar-refractivity contribution in [1.82, 2.24) is 0 Å². The van der Waals surface area contributed by atoms with Crippen LogP contribution in [-0.4, -0.2) is 40.8 Å². The summed E-state index contributed by atoms with van der Waals surface area (Å²) in [4.78, 5) is 30.5. The van der Waals surface area contributed by atoms with Crippen LogP contribution in [0.25, 0.3) is 0 Å². The number of halogens is 5. The maximum atomic E-state index is 14.4. The molecule has 0 bridgehead atoms. The normalized spacial score (nSPS) is 17.9. The van der Waals surface area contributed by atoms with E-state index < -0.39 is 39.8 Å². The summed E-state index contributed by atoms with van der Waals surface area (Å²) in [5, 5.41) is 3.77. The van der Waals surface area contributed by atoms with Gasteiger partial charge in [0.15, 0.2) is 0 Å². The largest absolute Gasteiger partial charge is 0.469 e. The molecule has 0 N–H and O–H groups in total. The lowest BCUT2D eigenvalue weighted by Gasteiger charge is -2.29. The fraction of sp³-hybridized carbons (Fsp3) is 0.300. The molecule has 228 valence electrons. The van der Waals surface area contributed by atoms with Gasteiger partial charge in [-0.25, -0.2) is 4.21 Å². The number of carbonyl (C=O) groups is 2. The van der Waals surface area contributed by atoms with Crippen molar-refractivity contribution >= 4 is 50.5 Å². The molecule has 1 aliphatic heterocycles. The summed E-state index contributed by atoms with van der Waals surface area (Å²) >= 11 is 11.9. The number of aryl methyl sites for hydroxylation is 3. The van der Waals surface area contributed by atoms with Crippen LogP contribution in [0.5, 0.6) is 0 Å². The predicted octanol–water partition coefficient (Wildman–Crippen LogP) is 7.73. The van der Waals surface area contributed by atoms with Crippen LogP contribution >= 0.6 is 23.2 Å². The number of alkyl halides is 3. The van der Waals surface area contributed by atoms with Crippen molar-refractivity contribution in [3.05, 3.63) is 98.0 Å². The summed E-state index contributed by atoms with van der Waals surface area (Å²) in [5.41, 5.74) is -0.610. The monoisotopic (exact) mass is 654 g/mol. The molecule has 0 fully saturated rings. The molecule has 1 aliphatic rings. The second kappa shape index (κ2) is 12.3. The van der Waals surface area contributed by atoms with E-state index in [1.54, 1.807) is 25.1 Å². The van der Waals surface area contributed by atoms with E-state index in [2.05, 4.69) is 14.3 Å². The highest BCUT2D eigenvalue weighted by molar-refractivity contribution is 7.94. The van der Waals surface area contributed by atoms with Gasteiger partial charge in [-0.2, -0.15) is 17.5 Å². The fourth-order valence-electron chi connectivity index (χ4n) is 4.56. The first-order valence-electron chi connectivity index (χ1n) is 12.9. The molecular weight excluding hydrogens is 628 g/mol. The Labute approximate surface area is 257 Å². The first-order valence-corrected chi connectivity index (χ1v) is 15.4. The van der Waals surface area contributed by atoms with Crippen molar-refractivity contribution in [2.24, 2.45) is 9.52 Å². The summed E-state index contributed by atoms with van der Waals surface area (Å²) in [5.74, 6) is -1.65. The average molecular weight is 656 g/mol. The van der Waals surface area contributed by atoms with Gasteiger partial charge in [-0.05, 0) is 85.5 Å². The topological polar surface area (TPSA) is 94.4 Å². The summed E-state index contributed by atoms with van der Waals surface area (Å²) in [6.45, 7) is 5.28. The summed E-state index contributed by atoms with van der Waals surface area (Å²) in [6, 6.07) is 12.9. The highest BCUT2D eigenvalue weighted by Gasteiger charge is 2.62. The number of nitrogens with zero attached hydrogens (tertiary/aromatic N) is 2. The third-order valence-electron chi connectivity index (χ3n) is 7.19. The quantitative estimate of drug-likeness (QED) is 0.243. The van der Waals surface area contributed by atoms with Crippen LogP contribution in [0.2, 0.25) is 10.0 Å². The number of rotatable bonds is 7. The SMILES string of the molecule is COC(=O)CCS(=O)(=NC(=O)c1ccc(C2=NOC(c3cc(Cl)cc(Cl)c3)(C(F)(F)F)C2)cc1C)c1ccc(C)c(C)c1. The minimum Gasteiger partial charge on any atom is -0.469 e. The van der Waals surface area contributed by atoms with Crippen LogP contribution in [0.1, 0.15) is 51.0 Å². The Morgan fingerprint density at radius 3 is 2.26 bits per heavy atom. The number of esters is 1. The number of hydrogen-bond donors (Lipinski definition) is 0. The number of hydrogen-bond acceptors (Lipinski definition) is 6. The predicted molar refractivity (Wildman–Crippen MR) is 158 cm³/mol. The maximum absolute atomic E-state index is 14.4. The first-order chi connectivity index (χ1) is 20.1. The van der Waals surface area contributed by atoms with E-state index in [0.29, 0.717) is 10.5 Å². The number of oxime groups is 1. The van der Waals surface area contributed by atoms with E-state index in [1.807, 2.05) is 13.8 Å². The lowest BCUT2D eigenvalue weighted by atomic mass is 9.86.